The molecule has 0 aliphatic rings. The zero-order valence-electron chi connectivity index (χ0n) is 11.7. The minimum absolute atomic E-state index is 0.328. The highest BCUT2D eigenvalue weighted by Gasteiger charge is 2.11. The van der Waals surface area contributed by atoms with Crippen molar-refractivity contribution in [2.75, 3.05) is 5.73 Å². The molecule has 2 N–H and O–H groups in total. The first-order chi connectivity index (χ1) is 9.38. The van der Waals surface area contributed by atoms with Crippen LogP contribution >= 0.6 is 15.9 Å². The third kappa shape index (κ3) is 3.12. The Morgan fingerprint density at radius 2 is 1.85 bits per heavy atom. The maximum Gasteiger partial charge on any atom is 0.153 e. The van der Waals surface area contributed by atoms with Crippen LogP contribution in [0.3, 0.4) is 0 Å². The van der Waals surface area contributed by atoms with Gasteiger partial charge in [0, 0.05) is 6.07 Å². The molecule has 0 heterocycles. The monoisotopic (exact) mass is 337 g/mol. The normalized spacial score (nSPS) is 10.9. The summed E-state index contributed by atoms with van der Waals surface area (Å²) in [6.07, 6.45) is 0. The van der Waals surface area contributed by atoms with E-state index in [1.807, 2.05) is 19.1 Å². The molecular formula is C16H17BrFNO. The van der Waals surface area contributed by atoms with Crippen molar-refractivity contribution in [2.24, 2.45) is 0 Å². The predicted molar refractivity (Wildman–Crippen MR) is 83.9 cm³/mol. The van der Waals surface area contributed by atoms with Crippen LogP contribution in [-0.4, -0.2) is 0 Å². The summed E-state index contributed by atoms with van der Waals surface area (Å²) in [4.78, 5) is 0. The van der Waals surface area contributed by atoms with E-state index in [4.69, 9.17) is 10.5 Å². The lowest BCUT2D eigenvalue weighted by Gasteiger charge is -2.14. The molecule has 20 heavy (non-hydrogen) atoms. The average Bonchev–Trinajstić information content (AvgIpc) is 2.38. The molecule has 0 spiro atoms. The number of benzene rings is 2. The molecule has 0 aliphatic heterocycles. The number of ether oxygens (including phenoxy) is 1. The van der Waals surface area contributed by atoms with Crippen LogP contribution in [0, 0.1) is 12.7 Å². The topological polar surface area (TPSA) is 35.2 Å². The van der Waals surface area contributed by atoms with Gasteiger partial charge in [-0.15, -0.1) is 0 Å². The number of nitrogen functional groups attached to an aromatic ring is 1. The standard InChI is InChI=1S/C16H17BrFNO/c1-9(2)11-5-4-10(3)15(6-11)20-16-8-13(18)12(17)7-14(16)19/h4-9H,19H2,1-3H3. The van der Waals surface area contributed by atoms with Gasteiger partial charge in [0.25, 0.3) is 0 Å². The zero-order chi connectivity index (χ0) is 14.9. The maximum atomic E-state index is 13.6. The van der Waals surface area contributed by atoms with Gasteiger partial charge >= 0.3 is 0 Å². The van der Waals surface area contributed by atoms with Gasteiger partial charge in [0.1, 0.15) is 11.6 Å². The van der Waals surface area contributed by atoms with Crippen molar-refractivity contribution < 1.29 is 9.13 Å². The van der Waals surface area contributed by atoms with Gasteiger partial charge in [0.15, 0.2) is 5.75 Å². The van der Waals surface area contributed by atoms with E-state index in [0.717, 1.165) is 5.56 Å². The van der Waals surface area contributed by atoms with E-state index in [-0.39, 0.29) is 0 Å². The van der Waals surface area contributed by atoms with E-state index in [9.17, 15) is 4.39 Å². The van der Waals surface area contributed by atoms with Crippen molar-refractivity contribution >= 4 is 21.6 Å². The van der Waals surface area contributed by atoms with Crippen LogP contribution in [0.25, 0.3) is 0 Å². The van der Waals surface area contributed by atoms with Crippen LogP contribution in [-0.2, 0) is 0 Å². The van der Waals surface area contributed by atoms with E-state index >= 15 is 0 Å². The maximum absolute atomic E-state index is 13.6. The molecule has 0 aliphatic carbocycles. The summed E-state index contributed by atoms with van der Waals surface area (Å²) in [6, 6.07) is 8.83. The molecule has 0 bridgehead atoms. The molecular weight excluding hydrogens is 321 g/mol. The van der Waals surface area contributed by atoms with Crippen molar-refractivity contribution in [3.63, 3.8) is 0 Å². The van der Waals surface area contributed by atoms with E-state index in [1.165, 1.54) is 17.7 Å². The lowest BCUT2D eigenvalue weighted by Crippen LogP contribution is -1.96. The summed E-state index contributed by atoms with van der Waals surface area (Å²) in [7, 11) is 0. The third-order valence-corrected chi connectivity index (χ3v) is 3.76. The highest BCUT2D eigenvalue weighted by Crippen LogP contribution is 2.34. The summed E-state index contributed by atoms with van der Waals surface area (Å²) in [5.74, 6) is 1.03. The van der Waals surface area contributed by atoms with Gasteiger partial charge in [0.2, 0.25) is 0 Å². The van der Waals surface area contributed by atoms with Crippen LogP contribution < -0.4 is 10.5 Å². The summed E-state index contributed by atoms with van der Waals surface area (Å²) < 4.78 is 19.7. The van der Waals surface area contributed by atoms with Gasteiger partial charge in [-0.25, -0.2) is 4.39 Å². The fourth-order valence-corrected chi connectivity index (χ4v) is 2.20. The Hall–Kier alpha value is -1.55. The Morgan fingerprint density at radius 3 is 2.50 bits per heavy atom. The SMILES string of the molecule is Cc1ccc(C(C)C)cc1Oc1cc(F)c(Br)cc1N. The van der Waals surface area contributed by atoms with Gasteiger partial charge in [-0.2, -0.15) is 0 Å². The lowest BCUT2D eigenvalue weighted by atomic mass is 10.0. The molecule has 2 nitrogen and oxygen atoms in total. The molecule has 0 radical (unpaired) electrons. The van der Waals surface area contributed by atoms with Crippen molar-refractivity contribution in [3.05, 3.63) is 51.7 Å². The third-order valence-electron chi connectivity index (χ3n) is 3.15. The first kappa shape index (κ1) is 14.9. The van der Waals surface area contributed by atoms with Crippen LogP contribution in [0.1, 0.15) is 30.9 Å². The molecule has 4 heteroatoms. The molecule has 2 aromatic carbocycles. The molecule has 0 atom stereocenters. The number of rotatable bonds is 3. The minimum atomic E-state index is -0.396. The van der Waals surface area contributed by atoms with E-state index < -0.39 is 5.82 Å². The zero-order valence-corrected chi connectivity index (χ0v) is 13.3. The second kappa shape index (κ2) is 5.83. The Labute approximate surface area is 126 Å². The summed E-state index contributed by atoms with van der Waals surface area (Å²) >= 11 is 3.10. The van der Waals surface area contributed by atoms with Crippen LogP contribution in [0.2, 0.25) is 0 Å². The number of hydrogen-bond donors (Lipinski definition) is 1. The number of anilines is 1. The molecule has 106 valence electrons. The molecule has 0 amide bonds. The molecule has 0 saturated carbocycles. The lowest BCUT2D eigenvalue weighted by molar-refractivity contribution is 0.474. The Balaban J connectivity index is 2.39. The molecule has 0 fully saturated rings. The highest BCUT2D eigenvalue weighted by molar-refractivity contribution is 9.10. The number of nitrogens with two attached hydrogens (primary N) is 1. The van der Waals surface area contributed by atoms with Gasteiger partial charge in [-0.1, -0.05) is 26.0 Å². The largest absolute Gasteiger partial charge is 0.455 e. The highest BCUT2D eigenvalue weighted by atomic mass is 79.9. The van der Waals surface area contributed by atoms with E-state index in [0.29, 0.717) is 27.6 Å². The predicted octanol–water partition coefficient (Wildman–Crippen LogP) is 5.39. The van der Waals surface area contributed by atoms with Crippen LogP contribution in [0.4, 0.5) is 10.1 Å². The van der Waals surface area contributed by atoms with Crippen LogP contribution in [0.5, 0.6) is 11.5 Å². The van der Waals surface area contributed by atoms with E-state index in [2.05, 4.69) is 35.8 Å². The van der Waals surface area contributed by atoms with Crippen molar-refractivity contribution in [1.82, 2.24) is 0 Å². The second-order valence-corrected chi connectivity index (χ2v) is 5.94. The minimum Gasteiger partial charge on any atom is -0.455 e. The fraction of sp³-hybridized carbons (Fsp3) is 0.250. The van der Waals surface area contributed by atoms with Crippen molar-refractivity contribution in [1.29, 1.82) is 0 Å². The van der Waals surface area contributed by atoms with Gasteiger partial charge in [-0.05, 0) is 52.0 Å². The molecule has 2 rings (SSSR count). The average molecular weight is 338 g/mol. The molecule has 2 aromatic rings. The smallest absolute Gasteiger partial charge is 0.153 e. The Morgan fingerprint density at radius 1 is 1.15 bits per heavy atom. The number of aryl methyl sites for hydroxylation is 1. The van der Waals surface area contributed by atoms with Gasteiger partial charge in [-0.3, -0.25) is 0 Å². The second-order valence-electron chi connectivity index (χ2n) is 5.09. The fourth-order valence-electron chi connectivity index (χ4n) is 1.84. The van der Waals surface area contributed by atoms with Crippen LogP contribution in [0.15, 0.2) is 34.8 Å². The quantitative estimate of drug-likeness (QED) is 0.761. The molecule has 0 unspecified atom stereocenters. The van der Waals surface area contributed by atoms with Crippen molar-refractivity contribution in [3.8, 4) is 11.5 Å². The first-order valence-electron chi connectivity index (χ1n) is 6.41. The Bertz CT molecular complexity index is 641. The summed E-state index contributed by atoms with van der Waals surface area (Å²) in [5, 5.41) is 0. The van der Waals surface area contributed by atoms with Gasteiger partial charge in [0.05, 0.1) is 10.2 Å². The molecule has 0 aromatic heterocycles. The van der Waals surface area contributed by atoms with Gasteiger partial charge < -0.3 is 10.5 Å². The van der Waals surface area contributed by atoms with E-state index in [1.54, 1.807) is 0 Å². The van der Waals surface area contributed by atoms with Crippen molar-refractivity contribution in [2.45, 2.75) is 26.7 Å². The number of halogens is 2. The summed E-state index contributed by atoms with van der Waals surface area (Å²) in [6.45, 7) is 6.18. The Kier molecular flexibility index (Phi) is 4.33. The summed E-state index contributed by atoms with van der Waals surface area (Å²) in [5.41, 5.74) is 8.41. The number of hydrogen-bond acceptors (Lipinski definition) is 2. The molecule has 0 saturated heterocycles. The first-order valence-corrected chi connectivity index (χ1v) is 7.20.